The number of hydrogen-bond acceptors (Lipinski definition) is 2. The summed E-state index contributed by atoms with van der Waals surface area (Å²) in [6.45, 7) is 6.81. The van der Waals surface area contributed by atoms with Gasteiger partial charge in [-0.15, -0.1) is 12.4 Å². The van der Waals surface area contributed by atoms with Gasteiger partial charge in [-0.2, -0.15) is 0 Å². The maximum atomic E-state index is 12.4. The van der Waals surface area contributed by atoms with Crippen molar-refractivity contribution >= 4 is 18.3 Å². The van der Waals surface area contributed by atoms with E-state index in [0.717, 1.165) is 19.3 Å². The van der Waals surface area contributed by atoms with Gasteiger partial charge in [0.25, 0.3) is 0 Å². The Bertz CT molecular complexity index is 246. The molecule has 1 saturated carbocycles. The van der Waals surface area contributed by atoms with E-state index in [1.54, 1.807) is 0 Å². The van der Waals surface area contributed by atoms with Crippen LogP contribution in [-0.2, 0) is 4.79 Å². The van der Waals surface area contributed by atoms with Crippen LogP contribution in [0, 0.1) is 11.3 Å². The van der Waals surface area contributed by atoms with E-state index in [9.17, 15) is 4.79 Å². The molecule has 0 heterocycles. The van der Waals surface area contributed by atoms with E-state index >= 15 is 0 Å². The number of amides is 1. The van der Waals surface area contributed by atoms with Gasteiger partial charge in [0.15, 0.2) is 0 Å². The number of halogens is 1. The molecule has 0 aromatic heterocycles. The molecule has 1 fully saturated rings. The van der Waals surface area contributed by atoms with Gasteiger partial charge in [0.1, 0.15) is 0 Å². The SMILES string of the molecule is CCC(CC)(CN)C(=O)NC1CCCCC1C.Cl. The summed E-state index contributed by atoms with van der Waals surface area (Å²) >= 11 is 0. The van der Waals surface area contributed by atoms with Crippen LogP contribution in [0.5, 0.6) is 0 Å². The molecule has 0 spiro atoms. The molecule has 0 saturated heterocycles. The molecule has 18 heavy (non-hydrogen) atoms. The largest absolute Gasteiger partial charge is 0.353 e. The van der Waals surface area contributed by atoms with Crippen molar-refractivity contribution < 1.29 is 4.79 Å². The minimum Gasteiger partial charge on any atom is -0.353 e. The fraction of sp³-hybridized carbons (Fsp3) is 0.929. The lowest BCUT2D eigenvalue weighted by molar-refractivity contribution is -0.132. The molecule has 1 amide bonds. The molecule has 0 radical (unpaired) electrons. The molecule has 2 unspecified atom stereocenters. The molecule has 1 rings (SSSR count). The molecule has 0 bridgehead atoms. The van der Waals surface area contributed by atoms with Crippen molar-refractivity contribution in [2.75, 3.05) is 6.54 Å². The van der Waals surface area contributed by atoms with Crippen LogP contribution >= 0.6 is 12.4 Å². The van der Waals surface area contributed by atoms with Crippen LogP contribution in [0.2, 0.25) is 0 Å². The third-order valence-corrected chi connectivity index (χ3v) is 4.65. The highest BCUT2D eigenvalue weighted by atomic mass is 35.5. The van der Waals surface area contributed by atoms with Crippen LogP contribution in [0.25, 0.3) is 0 Å². The first-order valence-electron chi connectivity index (χ1n) is 7.10. The van der Waals surface area contributed by atoms with Crippen molar-refractivity contribution in [2.45, 2.75) is 65.3 Å². The average Bonchev–Trinajstić information content (AvgIpc) is 2.35. The Balaban J connectivity index is 0.00000289. The third-order valence-electron chi connectivity index (χ3n) is 4.65. The fourth-order valence-electron chi connectivity index (χ4n) is 2.80. The van der Waals surface area contributed by atoms with Gasteiger partial charge in [0.05, 0.1) is 5.41 Å². The van der Waals surface area contributed by atoms with Gasteiger partial charge < -0.3 is 11.1 Å². The van der Waals surface area contributed by atoms with Crippen molar-refractivity contribution in [2.24, 2.45) is 17.1 Å². The number of carbonyl (C=O) groups excluding carboxylic acids is 1. The maximum absolute atomic E-state index is 12.4. The van der Waals surface area contributed by atoms with Crippen molar-refractivity contribution in [1.82, 2.24) is 5.32 Å². The van der Waals surface area contributed by atoms with Crippen LogP contribution < -0.4 is 11.1 Å². The van der Waals surface area contributed by atoms with Gasteiger partial charge in [-0.05, 0) is 31.6 Å². The first-order chi connectivity index (χ1) is 8.09. The second-order valence-corrected chi connectivity index (χ2v) is 5.53. The van der Waals surface area contributed by atoms with Gasteiger partial charge in [-0.3, -0.25) is 4.79 Å². The van der Waals surface area contributed by atoms with Crippen LogP contribution in [0.3, 0.4) is 0 Å². The van der Waals surface area contributed by atoms with E-state index in [0.29, 0.717) is 18.5 Å². The zero-order valence-corrected chi connectivity index (χ0v) is 12.8. The molecule has 0 aliphatic heterocycles. The Hall–Kier alpha value is -0.280. The smallest absolute Gasteiger partial charge is 0.227 e. The summed E-state index contributed by atoms with van der Waals surface area (Å²) in [6.07, 6.45) is 6.56. The lowest BCUT2D eigenvalue weighted by Crippen LogP contribution is -2.51. The Morgan fingerprint density at radius 1 is 1.28 bits per heavy atom. The third kappa shape index (κ3) is 3.86. The van der Waals surface area contributed by atoms with Gasteiger partial charge >= 0.3 is 0 Å². The summed E-state index contributed by atoms with van der Waals surface area (Å²) in [5.41, 5.74) is 5.46. The zero-order chi connectivity index (χ0) is 12.9. The number of rotatable bonds is 5. The van der Waals surface area contributed by atoms with Gasteiger partial charge in [0, 0.05) is 12.6 Å². The normalized spacial score (nSPS) is 24.2. The summed E-state index contributed by atoms with van der Waals surface area (Å²) in [4.78, 5) is 12.4. The predicted molar refractivity (Wildman–Crippen MR) is 78.9 cm³/mol. The van der Waals surface area contributed by atoms with E-state index in [1.807, 2.05) is 0 Å². The topological polar surface area (TPSA) is 55.1 Å². The summed E-state index contributed by atoms with van der Waals surface area (Å²) in [5, 5.41) is 3.24. The fourth-order valence-corrected chi connectivity index (χ4v) is 2.80. The second-order valence-electron chi connectivity index (χ2n) is 5.53. The van der Waals surface area contributed by atoms with Gasteiger partial charge in [-0.1, -0.05) is 33.6 Å². The lowest BCUT2D eigenvalue weighted by atomic mass is 9.79. The first kappa shape index (κ1) is 17.7. The van der Waals surface area contributed by atoms with E-state index in [-0.39, 0.29) is 23.7 Å². The molecule has 2 atom stereocenters. The lowest BCUT2D eigenvalue weighted by Gasteiger charge is -2.35. The van der Waals surface area contributed by atoms with Crippen molar-refractivity contribution in [3.05, 3.63) is 0 Å². The van der Waals surface area contributed by atoms with Crippen LogP contribution in [0.4, 0.5) is 0 Å². The van der Waals surface area contributed by atoms with E-state index in [1.165, 1.54) is 19.3 Å². The average molecular weight is 277 g/mol. The Morgan fingerprint density at radius 3 is 2.28 bits per heavy atom. The number of carbonyl (C=O) groups is 1. The minimum absolute atomic E-state index is 0. The minimum atomic E-state index is -0.350. The summed E-state index contributed by atoms with van der Waals surface area (Å²) in [6, 6.07) is 0.361. The summed E-state index contributed by atoms with van der Waals surface area (Å²) in [5.74, 6) is 0.778. The Labute approximate surface area is 118 Å². The molecule has 3 nitrogen and oxygen atoms in total. The molecule has 0 aromatic carbocycles. The predicted octanol–water partition coefficient (Wildman–Crippen LogP) is 2.87. The molecule has 1 aliphatic carbocycles. The Morgan fingerprint density at radius 2 is 1.83 bits per heavy atom. The van der Waals surface area contributed by atoms with Gasteiger partial charge in [0.2, 0.25) is 5.91 Å². The highest BCUT2D eigenvalue weighted by molar-refractivity contribution is 5.85. The first-order valence-corrected chi connectivity index (χ1v) is 7.10. The van der Waals surface area contributed by atoms with Crippen molar-refractivity contribution in [3.8, 4) is 0 Å². The molecule has 108 valence electrons. The molecule has 1 aliphatic rings. The highest BCUT2D eigenvalue weighted by Gasteiger charge is 2.35. The molecule has 0 aromatic rings. The van der Waals surface area contributed by atoms with Crippen molar-refractivity contribution in [1.29, 1.82) is 0 Å². The van der Waals surface area contributed by atoms with E-state index < -0.39 is 0 Å². The highest BCUT2D eigenvalue weighted by Crippen LogP contribution is 2.28. The van der Waals surface area contributed by atoms with Crippen LogP contribution in [0.1, 0.15) is 59.3 Å². The van der Waals surface area contributed by atoms with Gasteiger partial charge in [-0.25, -0.2) is 0 Å². The maximum Gasteiger partial charge on any atom is 0.227 e. The van der Waals surface area contributed by atoms with Crippen LogP contribution in [0.15, 0.2) is 0 Å². The quantitative estimate of drug-likeness (QED) is 0.811. The monoisotopic (exact) mass is 276 g/mol. The van der Waals surface area contributed by atoms with Crippen LogP contribution in [-0.4, -0.2) is 18.5 Å². The van der Waals surface area contributed by atoms with E-state index in [4.69, 9.17) is 5.73 Å². The number of nitrogens with one attached hydrogen (secondary N) is 1. The standard InChI is InChI=1S/C14H28N2O.ClH/c1-4-14(5-2,10-15)13(17)16-12-9-7-6-8-11(12)3;/h11-12H,4-10,15H2,1-3H3,(H,16,17);1H. The summed E-state index contributed by atoms with van der Waals surface area (Å²) < 4.78 is 0. The summed E-state index contributed by atoms with van der Waals surface area (Å²) in [7, 11) is 0. The zero-order valence-electron chi connectivity index (χ0n) is 12.0. The number of hydrogen-bond donors (Lipinski definition) is 2. The molecule has 3 N–H and O–H groups in total. The number of nitrogens with two attached hydrogens (primary N) is 1. The second kappa shape index (κ2) is 8.00. The molecular weight excluding hydrogens is 248 g/mol. The Kier molecular flexibility index (Phi) is 7.88. The van der Waals surface area contributed by atoms with E-state index in [2.05, 4.69) is 26.1 Å². The molecular formula is C14H29ClN2O. The van der Waals surface area contributed by atoms with Crippen molar-refractivity contribution in [3.63, 3.8) is 0 Å². The molecule has 4 heteroatoms.